The van der Waals surface area contributed by atoms with Gasteiger partial charge >= 0.3 is 17.6 Å². The second kappa shape index (κ2) is 13.5. The molecule has 8 atom stereocenters. The highest BCUT2D eigenvalue weighted by Crippen LogP contribution is 2.67. The maximum absolute atomic E-state index is 13.5. The quantitative estimate of drug-likeness (QED) is 0.150. The number of benzene rings is 1. The summed E-state index contributed by atoms with van der Waals surface area (Å²) in [6.45, 7) is 3.13. The largest absolute Gasteiger partial charge is 0.502 e. The van der Waals surface area contributed by atoms with Crippen molar-refractivity contribution >= 4 is 35.1 Å². The molecule has 5 rings (SSSR count). The van der Waals surface area contributed by atoms with Gasteiger partial charge in [-0.2, -0.15) is 0 Å². The average Bonchev–Trinajstić information content (AvgIpc) is 3.33. The predicted octanol–water partition coefficient (Wildman–Crippen LogP) is 2.40. The van der Waals surface area contributed by atoms with Gasteiger partial charge in [0, 0.05) is 35.7 Å². The number of carbonyl (C=O) groups excluding carboxylic acids is 5. The van der Waals surface area contributed by atoms with Crippen molar-refractivity contribution in [2.24, 2.45) is 28.6 Å². The van der Waals surface area contributed by atoms with Gasteiger partial charge in [-0.1, -0.05) is 31.6 Å². The molecule has 0 saturated heterocycles. The van der Waals surface area contributed by atoms with Gasteiger partial charge in [-0.15, -0.1) is 0 Å². The van der Waals surface area contributed by atoms with Gasteiger partial charge in [-0.3, -0.25) is 29.3 Å². The number of nitro groups is 1. The first kappa shape index (κ1) is 35.9. The minimum Gasteiger partial charge on any atom is -0.502 e. The van der Waals surface area contributed by atoms with Gasteiger partial charge in [-0.05, 0) is 67.7 Å². The summed E-state index contributed by atoms with van der Waals surface area (Å²) in [7, 11) is 1.10. The van der Waals surface area contributed by atoms with E-state index >= 15 is 0 Å². The Bertz CT molecular complexity index is 1640. The lowest BCUT2D eigenvalue weighted by Crippen LogP contribution is -2.61. The van der Waals surface area contributed by atoms with E-state index in [1.54, 1.807) is 12.2 Å². The molecule has 1 aromatic rings. The van der Waals surface area contributed by atoms with Crippen LogP contribution in [0.3, 0.4) is 0 Å². The Kier molecular flexibility index (Phi) is 9.86. The van der Waals surface area contributed by atoms with E-state index in [2.05, 4.69) is 5.32 Å². The van der Waals surface area contributed by atoms with Crippen LogP contribution in [0.15, 0.2) is 42.0 Å². The first-order chi connectivity index (χ1) is 23.0. The number of phenolic OH excluding ortho intramolecular Hbond substituents is 1. The highest BCUT2D eigenvalue weighted by molar-refractivity contribution is 6.01. The number of ether oxygens (including phenoxy) is 2. The summed E-state index contributed by atoms with van der Waals surface area (Å²) in [5.41, 5.74) is -2.61. The van der Waals surface area contributed by atoms with Crippen LogP contribution in [-0.4, -0.2) is 81.1 Å². The van der Waals surface area contributed by atoms with Crippen molar-refractivity contribution in [3.8, 4) is 5.75 Å². The number of nitrogens with one attached hydrogen (secondary N) is 1. The number of aliphatic hydroxyl groups excluding tert-OH is 1. The normalized spacial score (nSPS) is 32.1. The van der Waals surface area contributed by atoms with Crippen molar-refractivity contribution in [3.63, 3.8) is 0 Å². The molecule has 4 aliphatic carbocycles. The number of esters is 2. The van der Waals surface area contributed by atoms with E-state index in [0.717, 1.165) is 31.2 Å². The van der Waals surface area contributed by atoms with Crippen LogP contribution in [-0.2, 0) is 39.9 Å². The van der Waals surface area contributed by atoms with E-state index in [1.165, 1.54) is 6.07 Å². The van der Waals surface area contributed by atoms with E-state index < -0.39 is 88.0 Å². The van der Waals surface area contributed by atoms with Crippen LogP contribution >= 0.6 is 0 Å². The van der Waals surface area contributed by atoms with Crippen LogP contribution in [0.4, 0.5) is 5.69 Å². The monoisotopic (exact) mass is 682 g/mol. The number of nitro benzene ring substituents is 1. The molecule has 0 aliphatic heterocycles. The zero-order chi connectivity index (χ0) is 35.9. The van der Waals surface area contributed by atoms with E-state index in [1.807, 2.05) is 19.9 Å². The van der Waals surface area contributed by atoms with Gasteiger partial charge < -0.3 is 30.1 Å². The number of nitrogens with zero attached hydrogens (tertiary/aromatic N) is 1. The number of ketones is 2. The first-order valence-corrected chi connectivity index (χ1v) is 16.4. The second-order valence-electron chi connectivity index (χ2n) is 14.1. The van der Waals surface area contributed by atoms with Gasteiger partial charge in [0.25, 0.3) is 0 Å². The second-order valence-corrected chi connectivity index (χ2v) is 14.1. The fraction of sp³-hybridized carbons (Fsp3) is 0.571. The molecular formula is C35H42N2O12. The lowest BCUT2D eigenvalue weighted by Gasteiger charge is -2.59. The molecule has 14 nitrogen and oxygen atoms in total. The molecule has 4 N–H and O–H groups in total. The van der Waals surface area contributed by atoms with Crippen LogP contribution in [0, 0.1) is 38.7 Å². The number of carbonyl (C=O) groups is 5. The Hall–Kier alpha value is -4.43. The molecule has 0 bridgehead atoms. The zero-order valence-corrected chi connectivity index (χ0v) is 27.7. The molecule has 1 amide bonds. The maximum atomic E-state index is 13.5. The minimum absolute atomic E-state index is 0.00890. The molecule has 0 aromatic heterocycles. The van der Waals surface area contributed by atoms with Gasteiger partial charge in [0.05, 0.1) is 24.6 Å². The maximum Gasteiger partial charge on any atom is 0.328 e. The summed E-state index contributed by atoms with van der Waals surface area (Å²) in [6, 6.07) is 2.27. The lowest BCUT2D eigenvalue weighted by molar-refractivity contribution is -0.385. The minimum atomic E-state index is -1.84. The molecule has 14 heteroatoms. The Morgan fingerprint density at radius 2 is 1.90 bits per heavy atom. The zero-order valence-electron chi connectivity index (χ0n) is 27.7. The molecule has 0 spiro atoms. The number of fused-ring (bicyclic) bond motifs is 5. The SMILES string of the molecule is COC(=O)[C@H](Cc1ccc(O)c([N+](=O)[O-])c1)NC(=O)CCC(=O)OCC(=O)[C@]1(O)CC[C@H]2[C@@H]3CCC4=CC(=O)C=C[C@]4(C)[C@H]3[C@H](O)C[C@@]21C. The molecule has 0 unspecified atom stereocenters. The third-order valence-corrected chi connectivity index (χ3v) is 11.5. The van der Waals surface area contributed by atoms with Gasteiger partial charge in [0.2, 0.25) is 11.7 Å². The fourth-order valence-corrected chi connectivity index (χ4v) is 9.02. The van der Waals surface area contributed by atoms with Crippen LogP contribution < -0.4 is 5.32 Å². The molecule has 3 saturated carbocycles. The number of phenols is 1. The number of aliphatic hydroxyl groups is 2. The highest BCUT2D eigenvalue weighted by Gasteiger charge is 2.68. The Morgan fingerprint density at radius 1 is 1.16 bits per heavy atom. The van der Waals surface area contributed by atoms with E-state index in [4.69, 9.17) is 9.47 Å². The van der Waals surface area contributed by atoms with Gasteiger partial charge in [-0.25, -0.2) is 4.79 Å². The van der Waals surface area contributed by atoms with E-state index in [9.17, 15) is 49.4 Å². The molecule has 4 aliphatic rings. The number of methoxy groups -OCH3 is 1. The summed E-state index contributed by atoms with van der Waals surface area (Å²) < 4.78 is 9.91. The van der Waals surface area contributed by atoms with Crippen LogP contribution in [0.2, 0.25) is 0 Å². The molecule has 264 valence electrons. The van der Waals surface area contributed by atoms with Crippen molar-refractivity contribution in [3.05, 3.63) is 57.7 Å². The molecule has 49 heavy (non-hydrogen) atoms. The number of hydrogen-bond acceptors (Lipinski definition) is 12. The number of Topliss-reactive ketones (excluding diaryl/α,β-unsaturated/α-hetero) is 1. The lowest BCUT2D eigenvalue weighted by atomic mass is 9.46. The summed E-state index contributed by atoms with van der Waals surface area (Å²) in [5, 5.41) is 46.6. The average molecular weight is 683 g/mol. The summed E-state index contributed by atoms with van der Waals surface area (Å²) in [4.78, 5) is 73.5. The molecule has 3 fully saturated rings. The van der Waals surface area contributed by atoms with Gasteiger partial charge in [0.1, 0.15) is 11.6 Å². The standard InChI is InChI=1S/C35H42N2O12/c1-33-12-10-21(38)16-20(33)5-6-22-23-11-13-35(45,34(23,2)17-27(40)31(22)33)28(41)18-49-30(43)9-8-29(42)36-24(32(44)48-3)14-19-4-7-26(39)25(15-19)37(46)47/h4,7,10,12,15-16,22-24,27,31,39-40,45H,5-6,8-9,11,13-14,17-18H2,1-3H3,(H,36,42)/t22-,23-,24-,27+,31+,33-,34-,35+/m0/s1. The fourth-order valence-electron chi connectivity index (χ4n) is 9.02. The van der Waals surface area contributed by atoms with Gasteiger partial charge in [0.15, 0.2) is 18.1 Å². The third kappa shape index (κ3) is 6.51. The number of rotatable bonds is 11. The number of amides is 1. The number of allylic oxidation sites excluding steroid dienone is 4. The Labute approximate surface area is 282 Å². The van der Waals surface area contributed by atoms with Crippen molar-refractivity contribution in [1.29, 1.82) is 0 Å². The first-order valence-electron chi connectivity index (χ1n) is 16.4. The Morgan fingerprint density at radius 3 is 2.59 bits per heavy atom. The summed E-state index contributed by atoms with van der Waals surface area (Å²) >= 11 is 0. The van der Waals surface area contributed by atoms with Crippen molar-refractivity contribution in [1.82, 2.24) is 5.32 Å². The van der Waals surface area contributed by atoms with Crippen LogP contribution in [0.25, 0.3) is 0 Å². The summed E-state index contributed by atoms with van der Waals surface area (Å²) in [6.07, 6.45) is 5.48. The van der Waals surface area contributed by atoms with Crippen molar-refractivity contribution in [2.75, 3.05) is 13.7 Å². The predicted molar refractivity (Wildman–Crippen MR) is 171 cm³/mol. The highest BCUT2D eigenvalue weighted by atomic mass is 16.6. The van der Waals surface area contributed by atoms with Crippen LogP contribution in [0.5, 0.6) is 5.75 Å². The topological polar surface area (TPSA) is 220 Å². The summed E-state index contributed by atoms with van der Waals surface area (Å²) in [5.74, 6) is -3.98. The van der Waals surface area contributed by atoms with E-state index in [0.29, 0.717) is 12.8 Å². The van der Waals surface area contributed by atoms with Crippen molar-refractivity contribution < 1.29 is 53.7 Å². The number of aromatic hydroxyl groups is 1. The molecule has 0 radical (unpaired) electrons. The molecular weight excluding hydrogens is 640 g/mol. The molecule has 0 heterocycles. The van der Waals surface area contributed by atoms with Crippen LogP contribution in [0.1, 0.15) is 64.4 Å². The number of hydrogen-bond donors (Lipinski definition) is 4. The molecule has 1 aromatic carbocycles. The van der Waals surface area contributed by atoms with Crippen molar-refractivity contribution in [2.45, 2.75) is 83.0 Å². The Balaban J connectivity index is 1.16. The van der Waals surface area contributed by atoms with E-state index in [-0.39, 0.29) is 48.4 Å². The third-order valence-electron chi connectivity index (χ3n) is 11.5. The smallest absolute Gasteiger partial charge is 0.328 e.